The summed E-state index contributed by atoms with van der Waals surface area (Å²) in [7, 11) is 6.59. The molecule has 0 aliphatic carbocycles. The number of fused-ring (bicyclic) bond motifs is 1. The molecular weight excluding hydrogens is 530 g/mol. The topological polar surface area (TPSA) is 105 Å². The van der Waals surface area contributed by atoms with Gasteiger partial charge in [0.1, 0.15) is 34.6 Å². The molecule has 5 rings (SSSR count). The monoisotopic (exact) mass is 565 g/mol. The third-order valence-electron chi connectivity index (χ3n) is 7.30. The number of hydrogen-bond acceptors (Lipinski definition) is 9. The largest absolute Gasteiger partial charge is 0.497 e. The minimum atomic E-state index is 0.438. The average molecular weight is 566 g/mol. The highest BCUT2D eigenvalue weighted by molar-refractivity contribution is 5.95. The van der Waals surface area contributed by atoms with Crippen molar-refractivity contribution in [3.63, 3.8) is 0 Å². The second kappa shape index (κ2) is 12.6. The molecule has 0 aliphatic heterocycles. The number of nitrogens with zero attached hydrogens (tertiary/aromatic N) is 4. The second-order valence-corrected chi connectivity index (χ2v) is 9.76. The van der Waals surface area contributed by atoms with Crippen molar-refractivity contribution in [2.45, 2.75) is 26.4 Å². The maximum atomic E-state index is 6.16. The Bertz CT molecular complexity index is 1650. The number of aromatic nitrogens is 3. The van der Waals surface area contributed by atoms with Crippen molar-refractivity contribution in [1.29, 1.82) is 0 Å². The van der Waals surface area contributed by atoms with Crippen LogP contribution < -0.4 is 29.6 Å². The van der Waals surface area contributed by atoms with Gasteiger partial charge in [-0.25, -0.2) is 9.97 Å². The first-order valence-electron chi connectivity index (χ1n) is 13.6. The Balaban J connectivity index is 1.72. The number of methoxy groups -OCH3 is 4. The summed E-state index contributed by atoms with van der Waals surface area (Å²) in [4.78, 5) is 16.3. The van der Waals surface area contributed by atoms with Gasteiger partial charge in [-0.2, -0.15) is 0 Å². The summed E-state index contributed by atoms with van der Waals surface area (Å²) < 4.78 is 22.4. The van der Waals surface area contributed by atoms with Gasteiger partial charge in [0, 0.05) is 65.9 Å². The number of rotatable bonds is 11. The Kier molecular flexibility index (Phi) is 8.57. The van der Waals surface area contributed by atoms with Gasteiger partial charge < -0.3 is 29.6 Å². The Morgan fingerprint density at radius 2 is 1.38 bits per heavy atom. The van der Waals surface area contributed by atoms with Crippen molar-refractivity contribution >= 4 is 22.4 Å². The number of aryl methyl sites for hydroxylation is 1. The zero-order valence-corrected chi connectivity index (χ0v) is 24.5. The van der Waals surface area contributed by atoms with E-state index >= 15 is 0 Å². The minimum Gasteiger partial charge on any atom is -0.497 e. The third-order valence-corrected chi connectivity index (χ3v) is 7.30. The van der Waals surface area contributed by atoms with Crippen LogP contribution >= 0.6 is 0 Å². The standard InChI is InChI=1S/C33H35N5O4/c1-6-21-11-12-35-17-27(21)29-13-24-14-32(34)36-18-28(24)33(37-29)38(19-22-7-9-25(39-2)15-30(22)41-4)20-23-8-10-26(40-3)16-31(23)42-5/h7-18H,6,19-20H2,1-5H3,(H2,34,36). The summed E-state index contributed by atoms with van der Waals surface area (Å²) in [5, 5.41) is 1.80. The molecule has 0 amide bonds. The van der Waals surface area contributed by atoms with Crippen LogP contribution in [-0.4, -0.2) is 43.4 Å². The Morgan fingerprint density at radius 1 is 0.738 bits per heavy atom. The quantitative estimate of drug-likeness (QED) is 0.204. The Labute approximate surface area is 245 Å². The van der Waals surface area contributed by atoms with Crippen molar-refractivity contribution in [3.8, 4) is 34.3 Å². The molecule has 5 aromatic rings. The summed E-state index contributed by atoms with van der Waals surface area (Å²) in [5.41, 5.74) is 11.0. The molecule has 216 valence electrons. The van der Waals surface area contributed by atoms with Gasteiger partial charge in [0.2, 0.25) is 0 Å². The van der Waals surface area contributed by atoms with Gasteiger partial charge in [0.25, 0.3) is 0 Å². The van der Waals surface area contributed by atoms with Crippen LogP contribution in [0.2, 0.25) is 0 Å². The molecule has 3 aromatic heterocycles. The first kappa shape index (κ1) is 28.5. The number of anilines is 2. The van der Waals surface area contributed by atoms with Crippen molar-refractivity contribution in [1.82, 2.24) is 15.0 Å². The molecule has 9 nitrogen and oxygen atoms in total. The summed E-state index contributed by atoms with van der Waals surface area (Å²) in [6, 6.07) is 17.6. The van der Waals surface area contributed by atoms with Gasteiger partial charge in [-0.1, -0.05) is 6.92 Å². The summed E-state index contributed by atoms with van der Waals surface area (Å²) >= 11 is 0. The van der Waals surface area contributed by atoms with Crippen LogP contribution in [0.4, 0.5) is 11.6 Å². The maximum absolute atomic E-state index is 6.16. The van der Waals surface area contributed by atoms with Crippen LogP contribution in [0.1, 0.15) is 23.6 Å². The van der Waals surface area contributed by atoms with Gasteiger partial charge in [0.05, 0.1) is 34.1 Å². The van der Waals surface area contributed by atoms with Crippen LogP contribution in [0.25, 0.3) is 22.0 Å². The molecule has 0 bridgehead atoms. The van der Waals surface area contributed by atoms with E-state index in [1.807, 2.05) is 67.0 Å². The molecule has 0 unspecified atom stereocenters. The van der Waals surface area contributed by atoms with E-state index in [0.717, 1.165) is 51.0 Å². The molecule has 42 heavy (non-hydrogen) atoms. The van der Waals surface area contributed by atoms with E-state index in [2.05, 4.69) is 21.8 Å². The Hall–Kier alpha value is -5.05. The number of benzene rings is 2. The molecule has 3 heterocycles. The minimum absolute atomic E-state index is 0.438. The van der Waals surface area contributed by atoms with Gasteiger partial charge in [-0.05, 0) is 59.8 Å². The van der Waals surface area contributed by atoms with Crippen molar-refractivity contribution < 1.29 is 18.9 Å². The smallest absolute Gasteiger partial charge is 0.139 e. The first-order chi connectivity index (χ1) is 20.5. The van der Waals surface area contributed by atoms with Gasteiger partial charge in [-0.3, -0.25) is 4.98 Å². The molecular formula is C33H35N5O4. The highest BCUT2D eigenvalue weighted by Gasteiger charge is 2.21. The molecule has 9 heteroatoms. The number of pyridine rings is 3. The van der Waals surface area contributed by atoms with Crippen molar-refractivity contribution in [2.24, 2.45) is 0 Å². The van der Waals surface area contributed by atoms with Crippen LogP contribution in [0.3, 0.4) is 0 Å². The van der Waals surface area contributed by atoms with Crippen LogP contribution in [0, 0.1) is 0 Å². The van der Waals surface area contributed by atoms with E-state index in [9.17, 15) is 0 Å². The van der Waals surface area contributed by atoms with Gasteiger partial charge in [-0.15, -0.1) is 0 Å². The maximum Gasteiger partial charge on any atom is 0.139 e. The van der Waals surface area contributed by atoms with Crippen molar-refractivity contribution in [2.75, 3.05) is 39.1 Å². The molecule has 0 spiro atoms. The highest BCUT2D eigenvalue weighted by Crippen LogP contribution is 2.36. The lowest BCUT2D eigenvalue weighted by molar-refractivity contribution is 0.389. The summed E-state index contributed by atoms with van der Waals surface area (Å²) in [6.45, 7) is 3.08. The molecule has 0 saturated carbocycles. The van der Waals surface area contributed by atoms with Crippen LogP contribution in [-0.2, 0) is 19.5 Å². The van der Waals surface area contributed by atoms with E-state index in [0.29, 0.717) is 41.9 Å². The van der Waals surface area contributed by atoms with E-state index in [-0.39, 0.29) is 0 Å². The zero-order chi connectivity index (χ0) is 29.6. The lowest BCUT2D eigenvalue weighted by Gasteiger charge is -2.28. The first-order valence-corrected chi connectivity index (χ1v) is 13.6. The van der Waals surface area contributed by atoms with E-state index in [4.69, 9.17) is 29.7 Å². The Morgan fingerprint density at radius 3 is 1.95 bits per heavy atom. The third kappa shape index (κ3) is 5.85. The molecule has 0 saturated heterocycles. The van der Waals surface area contributed by atoms with Crippen molar-refractivity contribution in [3.05, 3.63) is 89.9 Å². The van der Waals surface area contributed by atoms with E-state index in [1.54, 1.807) is 34.6 Å². The fourth-order valence-corrected chi connectivity index (χ4v) is 5.07. The fourth-order valence-electron chi connectivity index (χ4n) is 5.07. The molecule has 0 aliphatic rings. The van der Waals surface area contributed by atoms with Gasteiger partial charge in [0.15, 0.2) is 0 Å². The predicted molar refractivity (Wildman–Crippen MR) is 166 cm³/mol. The summed E-state index contributed by atoms with van der Waals surface area (Å²) in [5.74, 6) is 4.04. The number of hydrogen-bond donors (Lipinski definition) is 1. The lowest BCUT2D eigenvalue weighted by Crippen LogP contribution is -2.24. The molecule has 2 aromatic carbocycles. The summed E-state index contributed by atoms with van der Waals surface area (Å²) in [6.07, 6.45) is 6.31. The SMILES string of the molecule is CCc1ccncc1-c1cc2cc(N)ncc2c(N(Cc2ccc(OC)cc2OC)Cc2ccc(OC)cc2OC)n1. The molecule has 0 radical (unpaired) electrons. The van der Waals surface area contributed by atoms with Crippen LogP contribution in [0.15, 0.2) is 73.2 Å². The van der Waals surface area contributed by atoms with Crippen LogP contribution in [0.5, 0.6) is 23.0 Å². The normalized spacial score (nSPS) is 10.9. The molecule has 2 N–H and O–H groups in total. The molecule has 0 fully saturated rings. The van der Waals surface area contributed by atoms with E-state index in [1.165, 1.54) is 0 Å². The van der Waals surface area contributed by atoms with Gasteiger partial charge >= 0.3 is 0 Å². The zero-order valence-electron chi connectivity index (χ0n) is 24.5. The fraction of sp³-hybridized carbons (Fsp3) is 0.242. The highest BCUT2D eigenvalue weighted by atomic mass is 16.5. The molecule has 0 atom stereocenters. The predicted octanol–water partition coefficient (Wildman–Crippen LogP) is 6.08. The number of ether oxygens (including phenoxy) is 4. The average Bonchev–Trinajstić information content (AvgIpc) is 3.03. The number of nitrogen functional groups attached to an aromatic ring is 1. The number of nitrogens with two attached hydrogens (primary N) is 1. The lowest BCUT2D eigenvalue weighted by atomic mass is 10.0. The second-order valence-electron chi connectivity index (χ2n) is 9.76. The van der Waals surface area contributed by atoms with E-state index < -0.39 is 0 Å².